The summed E-state index contributed by atoms with van der Waals surface area (Å²) in [6.07, 6.45) is 49.4. The lowest BCUT2D eigenvalue weighted by Gasteiger charge is -2.18. The lowest BCUT2D eigenvalue weighted by molar-refractivity contribution is -0.167. The molecule has 6 nitrogen and oxygen atoms in total. The van der Waals surface area contributed by atoms with E-state index < -0.39 is 6.10 Å². The van der Waals surface area contributed by atoms with Crippen molar-refractivity contribution >= 4 is 17.9 Å². The average molecular weight is 835 g/mol. The minimum absolute atomic E-state index is 0.0625. The highest BCUT2D eigenvalue weighted by molar-refractivity contribution is 5.71. The molecule has 59 heavy (non-hydrogen) atoms. The van der Waals surface area contributed by atoms with Crippen molar-refractivity contribution in [3.8, 4) is 0 Å². The molecule has 0 spiro atoms. The normalized spacial score (nSPS) is 11.9. The zero-order valence-corrected chi connectivity index (χ0v) is 40.2. The van der Waals surface area contributed by atoms with E-state index >= 15 is 0 Å². The molecular formula is C53H102O6. The number of esters is 3. The molecular weight excluding hydrogens is 733 g/mol. The van der Waals surface area contributed by atoms with Crippen LogP contribution in [0, 0.1) is 5.92 Å². The molecule has 0 fully saturated rings. The van der Waals surface area contributed by atoms with Crippen molar-refractivity contribution in [2.45, 2.75) is 303 Å². The smallest absolute Gasteiger partial charge is 0.306 e. The molecule has 0 unspecified atom stereocenters. The molecule has 0 N–H and O–H groups in total. The maximum absolute atomic E-state index is 12.8. The molecule has 0 heterocycles. The predicted molar refractivity (Wildman–Crippen MR) is 252 cm³/mol. The van der Waals surface area contributed by atoms with Crippen LogP contribution in [0.25, 0.3) is 0 Å². The molecule has 0 aromatic rings. The summed E-state index contributed by atoms with van der Waals surface area (Å²) in [6.45, 7) is 9.03. The number of carbonyl (C=O) groups excluding carboxylic acids is 3. The number of rotatable bonds is 48. The maximum atomic E-state index is 12.8. The minimum atomic E-state index is -0.760. The number of unbranched alkanes of at least 4 members (excludes halogenated alkanes) is 35. The van der Waals surface area contributed by atoms with Gasteiger partial charge in [0.15, 0.2) is 6.10 Å². The van der Waals surface area contributed by atoms with Gasteiger partial charge in [0.05, 0.1) is 0 Å². The minimum Gasteiger partial charge on any atom is -0.462 e. The molecule has 0 saturated heterocycles. The fourth-order valence-electron chi connectivity index (χ4n) is 8.04. The van der Waals surface area contributed by atoms with Crippen molar-refractivity contribution in [3.63, 3.8) is 0 Å². The Bertz CT molecular complexity index is 887. The molecule has 0 bridgehead atoms. The molecule has 6 heteroatoms. The first-order valence-electron chi connectivity index (χ1n) is 26.4. The van der Waals surface area contributed by atoms with Crippen LogP contribution >= 0.6 is 0 Å². The van der Waals surface area contributed by atoms with E-state index in [1.807, 2.05) is 0 Å². The summed E-state index contributed by atoms with van der Waals surface area (Å²) in [5, 5.41) is 0. The van der Waals surface area contributed by atoms with Gasteiger partial charge in [0.25, 0.3) is 0 Å². The molecule has 0 radical (unpaired) electrons. The van der Waals surface area contributed by atoms with E-state index in [1.54, 1.807) is 0 Å². The van der Waals surface area contributed by atoms with Crippen LogP contribution in [0.4, 0.5) is 0 Å². The third-order valence-corrected chi connectivity index (χ3v) is 12.0. The Morgan fingerprint density at radius 3 is 0.831 bits per heavy atom. The van der Waals surface area contributed by atoms with Crippen LogP contribution in [-0.2, 0) is 28.6 Å². The highest BCUT2D eigenvalue weighted by Gasteiger charge is 2.19. The molecule has 0 saturated carbocycles. The van der Waals surface area contributed by atoms with Crippen molar-refractivity contribution < 1.29 is 28.6 Å². The van der Waals surface area contributed by atoms with Gasteiger partial charge in [-0.15, -0.1) is 0 Å². The molecule has 0 rings (SSSR count). The third kappa shape index (κ3) is 47.3. The highest BCUT2D eigenvalue weighted by atomic mass is 16.6. The molecule has 0 aliphatic rings. The topological polar surface area (TPSA) is 78.9 Å². The van der Waals surface area contributed by atoms with Crippen molar-refractivity contribution in [1.82, 2.24) is 0 Å². The first-order chi connectivity index (χ1) is 28.9. The number of hydrogen-bond acceptors (Lipinski definition) is 6. The summed E-state index contributed by atoms with van der Waals surface area (Å²) in [6, 6.07) is 0. The Balaban J connectivity index is 4.26. The second kappa shape index (κ2) is 47.5. The molecule has 0 aromatic heterocycles. The van der Waals surface area contributed by atoms with E-state index in [0.717, 1.165) is 63.7 Å². The summed E-state index contributed by atoms with van der Waals surface area (Å²) < 4.78 is 16.8. The Labute approximate surface area is 368 Å². The molecule has 0 aliphatic heterocycles. The summed E-state index contributed by atoms with van der Waals surface area (Å²) in [7, 11) is 0. The number of carbonyl (C=O) groups is 3. The van der Waals surface area contributed by atoms with Gasteiger partial charge in [-0.1, -0.05) is 259 Å². The van der Waals surface area contributed by atoms with Gasteiger partial charge in [-0.2, -0.15) is 0 Å². The van der Waals surface area contributed by atoms with Crippen molar-refractivity contribution in [3.05, 3.63) is 0 Å². The van der Waals surface area contributed by atoms with Crippen LogP contribution in [0.5, 0.6) is 0 Å². The van der Waals surface area contributed by atoms with Gasteiger partial charge in [0.1, 0.15) is 13.2 Å². The predicted octanol–water partition coefficient (Wildman–Crippen LogP) is 17.1. The van der Waals surface area contributed by atoms with Crippen LogP contribution in [0.2, 0.25) is 0 Å². The van der Waals surface area contributed by atoms with Crippen LogP contribution < -0.4 is 0 Å². The van der Waals surface area contributed by atoms with Crippen LogP contribution in [0.3, 0.4) is 0 Å². The van der Waals surface area contributed by atoms with Gasteiger partial charge in [-0.3, -0.25) is 14.4 Å². The summed E-state index contributed by atoms with van der Waals surface area (Å²) in [4.78, 5) is 37.9. The lowest BCUT2D eigenvalue weighted by atomic mass is 10.0. The SMILES string of the molecule is CCCCCCCCCCCCCCCCC(=O)O[C@H](COC(=O)CCCCCCCCCCCC)COC(=O)CCCCCCCCCCCCCCCCC(C)C. The van der Waals surface area contributed by atoms with E-state index in [2.05, 4.69) is 27.7 Å². The quantitative estimate of drug-likeness (QED) is 0.0345. The summed E-state index contributed by atoms with van der Waals surface area (Å²) in [5.41, 5.74) is 0. The van der Waals surface area contributed by atoms with E-state index in [1.165, 1.54) is 193 Å². The largest absolute Gasteiger partial charge is 0.462 e. The summed E-state index contributed by atoms with van der Waals surface area (Å²) in [5.74, 6) is 0.00117. The van der Waals surface area contributed by atoms with Gasteiger partial charge in [0, 0.05) is 19.3 Å². The molecule has 0 amide bonds. The van der Waals surface area contributed by atoms with Gasteiger partial charge in [0.2, 0.25) is 0 Å². The zero-order chi connectivity index (χ0) is 43.1. The van der Waals surface area contributed by atoms with Gasteiger partial charge in [-0.05, 0) is 25.2 Å². The molecule has 0 aromatic carbocycles. The van der Waals surface area contributed by atoms with E-state index in [0.29, 0.717) is 19.3 Å². The molecule has 0 aliphatic carbocycles. The lowest BCUT2D eigenvalue weighted by Crippen LogP contribution is -2.30. The van der Waals surface area contributed by atoms with Crippen molar-refractivity contribution in [2.24, 2.45) is 5.92 Å². The van der Waals surface area contributed by atoms with E-state index in [-0.39, 0.29) is 31.1 Å². The molecule has 350 valence electrons. The Hall–Kier alpha value is -1.59. The summed E-state index contributed by atoms with van der Waals surface area (Å²) >= 11 is 0. The maximum Gasteiger partial charge on any atom is 0.306 e. The standard InChI is InChI=1S/C53H102O6/c1-5-7-9-11-13-15-17-18-22-26-30-34-38-42-46-53(56)59-50(47-57-51(54)44-40-36-32-28-16-14-12-10-8-6-2)48-58-52(55)45-41-37-33-29-25-23-20-19-21-24-27-31-35-39-43-49(3)4/h49-50H,5-48H2,1-4H3/t50-/m1/s1. The first kappa shape index (κ1) is 57.4. The second-order valence-corrected chi connectivity index (χ2v) is 18.6. The third-order valence-electron chi connectivity index (χ3n) is 12.0. The van der Waals surface area contributed by atoms with Gasteiger partial charge in [-0.25, -0.2) is 0 Å². The van der Waals surface area contributed by atoms with E-state index in [9.17, 15) is 14.4 Å². The first-order valence-corrected chi connectivity index (χ1v) is 26.4. The second-order valence-electron chi connectivity index (χ2n) is 18.6. The fourth-order valence-corrected chi connectivity index (χ4v) is 8.04. The Morgan fingerprint density at radius 1 is 0.322 bits per heavy atom. The van der Waals surface area contributed by atoms with Crippen LogP contribution in [0.1, 0.15) is 297 Å². The average Bonchev–Trinajstić information content (AvgIpc) is 3.22. The van der Waals surface area contributed by atoms with Crippen molar-refractivity contribution in [2.75, 3.05) is 13.2 Å². The van der Waals surface area contributed by atoms with Crippen molar-refractivity contribution in [1.29, 1.82) is 0 Å². The zero-order valence-electron chi connectivity index (χ0n) is 40.2. The van der Waals surface area contributed by atoms with Crippen LogP contribution in [0.15, 0.2) is 0 Å². The Morgan fingerprint density at radius 2 is 0.559 bits per heavy atom. The Kier molecular flexibility index (Phi) is 46.2. The monoisotopic (exact) mass is 835 g/mol. The van der Waals surface area contributed by atoms with Gasteiger partial charge < -0.3 is 14.2 Å². The number of ether oxygens (including phenoxy) is 3. The van der Waals surface area contributed by atoms with Crippen LogP contribution in [-0.4, -0.2) is 37.2 Å². The number of hydrogen-bond donors (Lipinski definition) is 0. The van der Waals surface area contributed by atoms with Gasteiger partial charge >= 0.3 is 17.9 Å². The highest BCUT2D eigenvalue weighted by Crippen LogP contribution is 2.17. The fraction of sp³-hybridized carbons (Fsp3) is 0.943. The van der Waals surface area contributed by atoms with E-state index in [4.69, 9.17) is 14.2 Å². The molecule has 1 atom stereocenters.